The van der Waals surface area contributed by atoms with Gasteiger partial charge in [0.1, 0.15) is 5.15 Å². The third kappa shape index (κ3) is 2.81. The molecule has 1 heterocycles. The summed E-state index contributed by atoms with van der Waals surface area (Å²) in [6.45, 7) is 0. The van der Waals surface area contributed by atoms with Gasteiger partial charge in [0, 0.05) is 11.8 Å². The van der Waals surface area contributed by atoms with Crippen molar-refractivity contribution in [3.05, 3.63) is 35.7 Å². The average Bonchev–Trinajstić information content (AvgIpc) is 2.38. The fourth-order valence-electron chi connectivity index (χ4n) is 1.46. The van der Waals surface area contributed by atoms with Crippen LogP contribution < -0.4 is 14.8 Å². The molecule has 0 fully saturated rings. The molecule has 0 aliphatic heterocycles. The van der Waals surface area contributed by atoms with E-state index in [0.717, 1.165) is 5.69 Å². The smallest absolute Gasteiger partial charge is 0.162 e. The number of methoxy groups -OCH3 is 2. The second kappa shape index (κ2) is 5.55. The van der Waals surface area contributed by atoms with Crippen LogP contribution in [0.4, 0.5) is 11.5 Å². The summed E-state index contributed by atoms with van der Waals surface area (Å²) in [5.41, 5.74) is 0.809. The van der Waals surface area contributed by atoms with Gasteiger partial charge in [0.15, 0.2) is 17.3 Å². The van der Waals surface area contributed by atoms with Crippen LogP contribution in [0.3, 0.4) is 0 Å². The predicted octanol–water partition coefficient (Wildman–Crippen LogP) is 2.89. The second-order valence-corrected chi connectivity index (χ2v) is 3.81. The maximum atomic E-state index is 5.76. The van der Waals surface area contributed by atoms with E-state index in [1.165, 1.54) is 6.20 Å². The molecule has 5 nitrogen and oxygen atoms in total. The van der Waals surface area contributed by atoms with Crippen molar-refractivity contribution in [2.45, 2.75) is 0 Å². The molecule has 0 radical (unpaired) electrons. The zero-order valence-corrected chi connectivity index (χ0v) is 10.7. The predicted molar refractivity (Wildman–Crippen MR) is 69.9 cm³/mol. The minimum absolute atomic E-state index is 0.334. The van der Waals surface area contributed by atoms with Crippen molar-refractivity contribution in [1.82, 2.24) is 9.97 Å². The molecule has 94 valence electrons. The van der Waals surface area contributed by atoms with Crippen LogP contribution in [-0.2, 0) is 0 Å². The van der Waals surface area contributed by atoms with Crippen LogP contribution in [0.1, 0.15) is 0 Å². The molecule has 0 aliphatic rings. The minimum atomic E-state index is 0.334. The number of aromatic nitrogens is 2. The fraction of sp³-hybridized carbons (Fsp3) is 0.167. The molecule has 18 heavy (non-hydrogen) atoms. The summed E-state index contributed by atoms with van der Waals surface area (Å²) in [4.78, 5) is 8.03. The van der Waals surface area contributed by atoms with E-state index in [4.69, 9.17) is 21.1 Å². The number of hydrogen-bond acceptors (Lipinski definition) is 5. The van der Waals surface area contributed by atoms with Crippen molar-refractivity contribution in [3.8, 4) is 11.5 Å². The van der Waals surface area contributed by atoms with E-state index in [1.807, 2.05) is 6.07 Å². The maximum Gasteiger partial charge on any atom is 0.162 e. The molecule has 0 aliphatic carbocycles. The summed E-state index contributed by atoms with van der Waals surface area (Å²) in [7, 11) is 3.17. The number of hydrogen-bond donors (Lipinski definition) is 1. The van der Waals surface area contributed by atoms with Crippen molar-refractivity contribution < 1.29 is 9.47 Å². The molecule has 2 aromatic rings. The zero-order chi connectivity index (χ0) is 13.0. The molecule has 0 spiro atoms. The van der Waals surface area contributed by atoms with E-state index >= 15 is 0 Å². The van der Waals surface area contributed by atoms with Gasteiger partial charge in [0.2, 0.25) is 0 Å². The molecule has 0 unspecified atom stereocenters. The number of nitrogens with zero attached hydrogens (tertiary/aromatic N) is 2. The lowest BCUT2D eigenvalue weighted by molar-refractivity contribution is 0.355. The Hall–Kier alpha value is -2.01. The number of benzene rings is 1. The van der Waals surface area contributed by atoms with E-state index in [9.17, 15) is 0 Å². The third-order valence-corrected chi connectivity index (χ3v) is 2.44. The SMILES string of the molecule is COc1ccc(Nc2cncc(Cl)n2)cc1OC. The molecule has 0 bridgehead atoms. The van der Waals surface area contributed by atoms with E-state index in [2.05, 4.69) is 15.3 Å². The summed E-state index contributed by atoms with van der Waals surface area (Å²) in [5.74, 6) is 1.87. The van der Waals surface area contributed by atoms with Crippen LogP contribution in [0.25, 0.3) is 0 Å². The molecule has 0 amide bonds. The van der Waals surface area contributed by atoms with Crippen LogP contribution in [0.2, 0.25) is 5.15 Å². The summed E-state index contributed by atoms with van der Waals surface area (Å²) in [5, 5.41) is 3.41. The highest BCUT2D eigenvalue weighted by atomic mass is 35.5. The lowest BCUT2D eigenvalue weighted by Crippen LogP contribution is -1.96. The first kappa shape index (κ1) is 12.4. The highest BCUT2D eigenvalue weighted by molar-refractivity contribution is 6.29. The van der Waals surface area contributed by atoms with Gasteiger partial charge in [-0.25, -0.2) is 4.98 Å². The van der Waals surface area contributed by atoms with E-state index in [-0.39, 0.29) is 0 Å². The summed E-state index contributed by atoms with van der Waals surface area (Å²) in [6.07, 6.45) is 3.06. The molecule has 0 atom stereocenters. The molecular weight excluding hydrogens is 254 g/mol. The summed E-state index contributed by atoms with van der Waals surface area (Å²) >= 11 is 5.76. The maximum absolute atomic E-state index is 5.76. The van der Waals surface area contributed by atoms with Crippen LogP contribution in [-0.4, -0.2) is 24.2 Å². The average molecular weight is 266 g/mol. The van der Waals surface area contributed by atoms with Gasteiger partial charge in [0.25, 0.3) is 0 Å². The third-order valence-electron chi connectivity index (χ3n) is 2.26. The minimum Gasteiger partial charge on any atom is -0.493 e. The highest BCUT2D eigenvalue weighted by Gasteiger charge is 2.05. The standard InChI is InChI=1S/C12H12ClN3O2/c1-17-9-4-3-8(5-10(9)18-2)15-12-7-14-6-11(13)16-12/h3-7H,1-2H3,(H,15,16). The Morgan fingerprint density at radius 2 is 1.89 bits per heavy atom. The Balaban J connectivity index is 2.24. The van der Waals surface area contributed by atoms with Crippen LogP contribution in [0.5, 0.6) is 11.5 Å². The van der Waals surface area contributed by atoms with Gasteiger partial charge in [-0.15, -0.1) is 0 Å². The van der Waals surface area contributed by atoms with E-state index in [1.54, 1.807) is 32.5 Å². The number of rotatable bonds is 4. The van der Waals surface area contributed by atoms with Crippen molar-refractivity contribution in [2.75, 3.05) is 19.5 Å². The monoisotopic (exact) mass is 265 g/mol. The van der Waals surface area contributed by atoms with Crippen molar-refractivity contribution >= 4 is 23.1 Å². The quantitative estimate of drug-likeness (QED) is 0.921. The lowest BCUT2D eigenvalue weighted by atomic mass is 10.2. The van der Waals surface area contributed by atoms with Gasteiger partial charge in [-0.3, -0.25) is 4.98 Å². The van der Waals surface area contributed by atoms with Crippen LogP contribution in [0, 0.1) is 0 Å². The van der Waals surface area contributed by atoms with Crippen molar-refractivity contribution in [3.63, 3.8) is 0 Å². The molecule has 0 saturated carbocycles. The van der Waals surface area contributed by atoms with Crippen molar-refractivity contribution in [2.24, 2.45) is 0 Å². The van der Waals surface area contributed by atoms with Gasteiger partial charge in [-0.1, -0.05) is 11.6 Å². The Morgan fingerprint density at radius 3 is 2.56 bits per heavy atom. The van der Waals surface area contributed by atoms with Gasteiger partial charge in [-0.05, 0) is 12.1 Å². The number of nitrogens with one attached hydrogen (secondary N) is 1. The molecular formula is C12H12ClN3O2. The van der Waals surface area contributed by atoms with E-state index in [0.29, 0.717) is 22.5 Å². The first-order chi connectivity index (χ1) is 8.72. The van der Waals surface area contributed by atoms with Gasteiger partial charge in [0.05, 0.1) is 26.6 Å². The van der Waals surface area contributed by atoms with Crippen LogP contribution >= 0.6 is 11.6 Å². The first-order valence-corrected chi connectivity index (χ1v) is 5.57. The molecule has 2 rings (SSSR count). The Bertz CT molecular complexity index is 549. The Kier molecular flexibility index (Phi) is 3.84. The molecule has 0 saturated heterocycles. The van der Waals surface area contributed by atoms with Gasteiger partial charge < -0.3 is 14.8 Å². The van der Waals surface area contributed by atoms with Gasteiger partial charge >= 0.3 is 0 Å². The zero-order valence-electron chi connectivity index (χ0n) is 9.98. The number of ether oxygens (including phenoxy) is 2. The topological polar surface area (TPSA) is 56.3 Å². The van der Waals surface area contributed by atoms with Gasteiger partial charge in [-0.2, -0.15) is 0 Å². The Morgan fingerprint density at radius 1 is 1.11 bits per heavy atom. The summed E-state index contributed by atoms with van der Waals surface area (Å²) < 4.78 is 10.4. The number of halogens is 1. The molecule has 6 heteroatoms. The number of anilines is 2. The fourth-order valence-corrected chi connectivity index (χ4v) is 1.61. The van der Waals surface area contributed by atoms with Crippen molar-refractivity contribution in [1.29, 1.82) is 0 Å². The van der Waals surface area contributed by atoms with Crippen LogP contribution in [0.15, 0.2) is 30.6 Å². The van der Waals surface area contributed by atoms with E-state index < -0.39 is 0 Å². The first-order valence-electron chi connectivity index (χ1n) is 5.19. The Labute approximate surface area is 110 Å². The molecule has 1 N–H and O–H groups in total. The highest BCUT2D eigenvalue weighted by Crippen LogP contribution is 2.30. The largest absolute Gasteiger partial charge is 0.493 e. The molecule has 1 aromatic heterocycles. The normalized spacial score (nSPS) is 9.94. The summed E-state index contributed by atoms with van der Waals surface area (Å²) in [6, 6.07) is 5.46. The lowest BCUT2D eigenvalue weighted by Gasteiger charge is -2.10. The second-order valence-electron chi connectivity index (χ2n) is 3.42. The molecule has 1 aromatic carbocycles.